The van der Waals surface area contributed by atoms with Crippen LogP contribution in [0.2, 0.25) is 0 Å². The summed E-state index contributed by atoms with van der Waals surface area (Å²) in [6, 6.07) is 0. The van der Waals surface area contributed by atoms with Crippen molar-refractivity contribution in [1.29, 1.82) is 0 Å². The van der Waals surface area contributed by atoms with E-state index in [2.05, 4.69) is 0 Å². The SMILES string of the molecule is O.OB(O)O.OB(O)O.OB(O)O.OB(O)O.OB(O)O.OB(O)O.OB(O)O.OB(O)O.OB(O)O.OB(O)O.[OH-].[OH-].[Sr+2]. The van der Waals surface area contributed by atoms with E-state index in [-0.39, 0.29) is 61.9 Å². The van der Waals surface area contributed by atoms with E-state index in [9.17, 15) is 0 Å². The van der Waals surface area contributed by atoms with Crippen LogP contribution in [-0.4, -0.2) is 286 Å². The van der Waals surface area contributed by atoms with Gasteiger partial charge in [-0.05, 0) is 0 Å². The Morgan fingerprint density at radius 1 is 0.159 bits per heavy atom. The number of hydrogen-bond acceptors (Lipinski definition) is 32. The van der Waals surface area contributed by atoms with Gasteiger partial charge in [-0.1, -0.05) is 0 Å². The molecule has 0 aromatic heterocycles. The van der Waals surface area contributed by atoms with Crippen LogP contribution in [0.1, 0.15) is 0 Å². The summed E-state index contributed by atoms with van der Waals surface area (Å²) in [5, 5.41) is 215. The summed E-state index contributed by atoms with van der Waals surface area (Å²) in [4.78, 5) is 0. The first-order valence-electron chi connectivity index (χ1n) is 7.75. The quantitative estimate of drug-likeness (QED) is 0.102. The minimum atomic E-state index is -2.17. The maximum atomic E-state index is 7.17. The topological polar surface area (TPSA) is 698 Å². The molecule has 0 spiro atoms. The maximum Gasteiger partial charge on any atom is 2.00 e. The third-order valence-corrected chi connectivity index (χ3v) is 0. The van der Waals surface area contributed by atoms with Crippen LogP contribution in [0.25, 0.3) is 0 Å². The van der Waals surface area contributed by atoms with E-state index in [1.165, 1.54) is 0 Å². The van der Waals surface area contributed by atoms with E-state index < -0.39 is 73.2 Å². The van der Waals surface area contributed by atoms with Crippen LogP contribution >= 0.6 is 0 Å². The molecule has 0 aliphatic rings. The van der Waals surface area contributed by atoms with Gasteiger partial charge in [0.2, 0.25) is 0 Å². The zero-order chi connectivity index (χ0) is 35.8. The summed E-state index contributed by atoms with van der Waals surface area (Å²) in [5.74, 6) is 0. The molecule has 0 saturated carbocycles. The molecule has 0 aromatic carbocycles. The maximum absolute atomic E-state index is 7.17. The third kappa shape index (κ3) is 114000. The molecular formula is H34B10O33Sr. The average Bonchev–Trinajstić information content (AvgIpc) is 2.47. The van der Waals surface area contributed by atoms with E-state index in [4.69, 9.17) is 151 Å². The van der Waals surface area contributed by atoms with E-state index in [1.54, 1.807) is 0 Å². The van der Waals surface area contributed by atoms with Gasteiger partial charge in [0.25, 0.3) is 0 Å². The second-order valence-corrected chi connectivity index (χ2v) is 3.46. The summed E-state index contributed by atoms with van der Waals surface area (Å²) in [6.45, 7) is 0. The van der Waals surface area contributed by atoms with Crippen LogP contribution in [-0.2, 0) is 0 Å². The first kappa shape index (κ1) is 90.6. The predicted molar refractivity (Wildman–Crippen MR) is 137 cm³/mol. The Bertz CT molecular complexity index is 188. The fourth-order valence-corrected chi connectivity index (χ4v) is 0. The fourth-order valence-electron chi connectivity index (χ4n) is 0. The summed E-state index contributed by atoms with van der Waals surface area (Å²) in [7, 11) is -21.7. The molecule has 0 bridgehead atoms. The fraction of sp³-hybridized carbons (Fsp3) is 0. The van der Waals surface area contributed by atoms with Gasteiger partial charge in [-0.3, -0.25) is 0 Å². The smallest absolute Gasteiger partial charge is 0.870 e. The summed E-state index contributed by atoms with van der Waals surface area (Å²) in [6.07, 6.45) is 0. The van der Waals surface area contributed by atoms with Crippen molar-refractivity contribution in [3.63, 3.8) is 0 Å². The summed E-state index contributed by atoms with van der Waals surface area (Å²) >= 11 is 0. The van der Waals surface area contributed by atoms with Gasteiger partial charge in [-0.2, -0.15) is 0 Å². The molecule has 0 saturated heterocycles. The largest absolute Gasteiger partial charge is 2.00 e. The van der Waals surface area contributed by atoms with Crippen molar-refractivity contribution in [2.24, 2.45) is 0 Å². The van der Waals surface area contributed by atoms with Crippen LogP contribution in [0, 0.1) is 0 Å². The van der Waals surface area contributed by atoms with Crippen molar-refractivity contribution in [2.45, 2.75) is 0 Å². The van der Waals surface area contributed by atoms with Crippen molar-refractivity contribution in [3.05, 3.63) is 0 Å². The zero-order valence-corrected chi connectivity index (χ0v) is 24.8. The zero-order valence-electron chi connectivity index (χ0n) is 21.3. The Kier molecular flexibility index (Phi) is 174. The summed E-state index contributed by atoms with van der Waals surface area (Å²) in [5.41, 5.74) is 0. The van der Waals surface area contributed by atoms with Crippen molar-refractivity contribution in [3.8, 4) is 0 Å². The molecule has 0 aromatic rings. The normalized spacial score (nSPS) is 6.14. The molecule has 0 amide bonds. The van der Waals surface area contributed by atoms with Gasteiger partial charge in [0, 0.05) is 0 Å². The molecule has 0 atom stereocenters. The molecule has 44 heteroatoms. The minimum absolute atomic E-state index is 0. The molecule has 264 valence electrons. The summed E-state index contributed by atoms with van der Waals surface area (Å²) < 4.78 is 0. The van der Waals surface area contributed by atoms with Crippen LogP contribution in [0.5, 0.6) is 0 Å². The third-order valence-electron chi connectivity index (χ3n) is 0. The number of hydrogen-bond donors (Lipinski definition) is 30. The van der Waals surface area contributed by atoms with Gasteiger partial charge < -0.3 is 167 Å². The van der Waals surface area contributed by atoms with Crippen molar-refractivity contribution < 1.29 is 167 Å². The molecule has 44 heavy (non-hydrogen) atoms. The van der Waals surface area contributed by atoms with Gasteiger partial charge in [-0.15, -0.1) is 0 Å². The average molecular weight is 758 g/mol. The van der Waals surface area contributed by atoms with Crippen LogP contribution in [0.4, 0.5) is 0 Å². The van der Waals surface area contributed by atoms with Crippen LogP contribution in [0.15, 0.2) is 0 Å². The van der Waals surface area contributed by atoms with Gasteiger partial charge >= 0.3 is 119 Å². The van der Waals surface area contributed by atoms with Gasteiger partial charge in [-0.25, -0.2) is 0 Å². The molecule has 0 unspecified atom stereocenters. The van der Waals surface area contributed by atoms with Gasteiger partial charge in [0.1, 0.15) is 0 Å². The Labute approximate surface area is 284 Å². The minimum Gasteiger partial charge on any atom is -0.870 e. The molecule has 33 nitrogen and oxygen atoms in total. The predicted octanol–water partition coefficient (Wildman–Crippen LogP) is -22.1. The van der Waals surface area contributed by atoms with Crippen molar-refractivity contribution in [1.82, 2.24) is 0 Å². The standard InChI is InChI=1S/10BH3O3.3H2O.Sr/c10*2-1(3)4;;;;/h10*2-4H;3*1H2;/q;;;;;;;;;;;;;+2/p-2. The second-order valence-electron chi connectivity index (χ2n) is 3.46. The van der Waals surface area contributed by atoms with Crippen LogP contribution in [0.3, 0.4) is 0 Å². The first-order chi connectivity index (χ1) is 17.3. The molecule has 0 fully saturated rings. The first-order valence-corrected chi connectivity index (χ1v) is 7.75. The molecule has 0 aliphatic heterocycles. The van der Waals surface area contributed by atoms with Gasteiger partial charge in [0.05, 0.1) is 0 Å². The molecule has 34 N–H and O–H groups in total. The molecule has 0 rings (SSSR count). The van der Waals surface area contributed by atoms with Crippen molar-refractivity contribution >= 4 is 119 Å². The monoisotopic (exact) mass is 760 g/mol. The van der Waals surface area contributed by atoms with E-state index in [0.717, 1.165) is 0 Å². The van der Waals surface area contributed by atoms with E-state index in [0.29, 0.717) is 0 Å². The Hall–Kier alpha value is 0.810. The molecule has 0 aliphatic carbocycles. The van der Waals surface area contributed by atoms with Gasteiger partial charge in [0.15, 0.2) is 0 Å². The Morgan fingerprint density at radius 2 is 0.159 bits per heavy atom. The number of rotatable bonds is 0. The van der Waals surface area contributed by atoms with E-state index in [1.807, 2.05) is 0 Å². The molecule has 0 heterocycles. The van der Waals surface area contributed by atoms with Crippen molar-refractivity contribution in [2.75, 3.05) is 0 Å². The van der Waals surface area contributed by atoms with E-state index >= 15 is 0 Å². The Morgan fingerprint density at radius 3 is 0.159 bits per heavy atom. The Balaban J connectivity index is -0.0000000187. The second kappa shape index (κ2) is 84.6. The molecule has 0 radical (unpaired) electrons. The van der Waals surface area contributed by atoms with Crippen LogP contribution < -0.4 is 0 Å². The molecular weight excluding hydrogens is 724 g/mol.